The normalized spacial score (nSPS) is 9.20. The second-order valence-corrected chi connectivity index (χ2v) is 2.01. The summed E-state index contributed by atoms with van der Waals surface area (Å²) in [6.07, 6.45) is 8.48. The highest BCUT2D eigenvalue weighted by molar-refractivity contribution is 5.19. The monoisotopic (exact) mass is 132 g/mol. The number of rotatable bonds is 3. The molecule has 1 heterocycles. The Hall–Kier alpha value is -1.11. The Balaban J connectivity index is 2.50. The van der Waals surface area contributed by atoms with Crippen LogP contribution < -0.4 is 0 Å². The van der Waals surface area contributed by atoms with Crippen LogP contribution in [0.25, 0.3) is 0 Å². The molecule has 10 heavy (non-hydrogen) atoms. The van der Waals surface area contributed by atoms with E-state index < -0.39 is 0 Å². The zero-order valence-electron chi connectivity index (χ0n) is 5.83. The van der Waals surface area contributed by atoms with Crippen LogP contribution in [-0.4, -0.2) is 4.98 Å². The Bertz CT molecular complexity index is 191. The maximum absolute atomic E-state index is 3.91. The van der Waals surface area contributed by atoms with Crippen molar-refractivity contribution in [3.8, 4) is 0 Å². The Kier molecular flexibility index (Phi) is 2.68. The van der Waals surface area contributed by atoms with Crippen molar-refractivity contribution < 1.29 is 0 Å². The molecule has 1 nitrogen and oxygen atoms in total. The molecule has 1 aromatic rings. The third kappa shape index (κ3) is 2.02. The van der Waals surface area contributed by atoms with Gasteiger partial charge >= 0.3 is 0 Å². The van der Waals surface area contributed by atoms with E-state index in [1.54, 1.807) is 12.4 Å². The minimum absolute atomic E-state index is 0.921. The summed E-state index contributed by atoms with van der Waals surface area (Å²) in [7, 11) is 0. The maximum atomic E-state index is 3.91. The predicted molar refractivity (Wildman–Crippen MR) is 42.5 cm³/mol. The van der Waals surface area contributed by atoms with Gasteiger partial charge < -0.3 is 0 Å². The van der Waals surface area contributed by atoms with E-state index in [9.17, 15) is 0 Å². The van der Waals surface area contributed by atoms with Crippen molar-refractivity contribution in [3.63, 3.8) is 0 Å². The number of hydrogen-bond acceptors (Lipinski definition) is 1. The molecule has 0 bridgehead atoms. The van der Waals surface area contributed by atoms with E-state index in [0.29, 0.717) is 0 Å². The van der Waals surface area contributed by atoms with E-state index in [0.717, 1.165) is 6.42 Å². The summed E-state index contributed by atoms with van der Waals surface area (Å²) in [4.78, 5) is 3.91. The lowest BCUT2D eigenvalue weighted by atomic mass is 10.1. The van der Waals surface area contributed by atoms with Crippen LogP contribution in [0.1, 0.15) is 12.0 Å². The number of aromatic nitrogens is 1. The fourth-order valence-corrected chi connectivity index (χ4v) is 0.719. The molecule has 0 fully saturated rings. The molecule has 0 aliphatic heterocycles. The van der Waals surface area contributed by atoms with Gasteiger partial charge in [0.15, 0.2) is 0 Å². The molecule has 0 spiro atoms. The van der Waals surface area contributed by atoms with E-state index >= 15 is 0 Å². The van der Waals surface area contributed by atoms with Gasteiger partial charge in [-0.15, -0.1) is 6.58 Å². The molecule has 0 aliphatic rings. The molecule has 51 valence electrons. The van der Waals surface area contributed by atoms with E-state index in [1.165, 1.54) is 5.56 Å². The molecule has 0 amide bonds. The van der Waals surface area contributed by atoms with Gasteiger partial charge in [-0.3, -0.25) is 4.98 Å². The van der Waals surface area contributed by atoms with Crippen LogP contribution in [0.15, 0.2) is 37.2 Å². The van der Waals surface area contributed by atoms with Gasteiger partial charge in [-0.25, -0.2) is 0 Å². The van der Waals surface area contributed by atoms with Crippen LogP contribution >= 0.6 is 0 Å². The van der Waals surface area contributed by atoms with Crippen molar-refractivity contribution >= 4 is 0 Å². The first kappa shape index (κ1) is 7.00. The average molecular weight is 132 g/mol. The molecular formula is C9H10N. The van der Waals surface area contributed by atoms with Crippen LogP contribution in [0.3, 0.4) is 0 Å². The quantitative estimate of drug-likeness (QED) is 0.574. The van der Waals surface area contributed by atoms with Gasteiger partial charge in [-0.1, -0.05) is 6.08 Å². The lowest BCUT2D eigenvalue weighted by molar-refractivity contribution is 1.21. The van der Waals surface area contributed by atoms with Crippen molar-refractivity contribution in [3.05, 3.63) is 49.2 Å². The topological polar surface area (TPSA) is 12.9 Å². The minimum Gasteiger partial charge on any atom is -0.265 e. The highest BCUT2D eigenvalue weighted by Crippen LogP contribution is 2.02. The summed E-state index contributed by atoms with van der Waals surface area (Å²) in [6, 6.07) is 3.95. The van der Waals surface area contributed by atoms with E-state index in [2.05, 4.69) is 18.0 Å². The molecule has 0 atom stereocenters. The largest absolute Gasteiger partial charge is 0.265 e. The first-order valence-corrected chi connectivity index (χ1v) is 3.27. The van der Waals surface area contributed by atoms with E-state index in [-0.39, 0.29) is 0 Å². The summed E-state index contributed by atoms with van der Waals surface area (Å²) in [5.41, 5.74) is 1.20. The number of hydrogen-bond donors (Lipinski definition) is 0. The summed E-state index contributed by atoms with van der Waals surface area (Å²) in [6.45, 7) is 3.63. The van der Waals surface area contributed by atoms with Crippen molar-refractivity contribution in [2.24, 2.45) is 0 Å². The molecule has 0 N–H and O–H groups in total. The molecule has 0 unspecified atom stereocenters. The fraction of sp³-hybridized carbons (Fsp3) is 0.111. The van der Waals surface area contributed by atoms with Crippen molar-refractivity contribution in [2.45, 2.75) is 6.42 Å². The molecule has 0 aromatic carbocycles. The Labute approximate surface area is 61.4 Å². The number of pyridine rings is 1. The third-order valence-corrected chi connectivity index (χ3v) is 1.23. The molecule has 1 heteroatoms. The highest BCUT2D eigenvalue weighted by Gasteiger charge is 1.87. The average Bonchev–Trinajstić information content (AvgIpc) is 2.03. The number of allylic oxidation sites excluding steroid dienone is 1. The van der Waals surface area contributed by atoms with Crippen LogP contribution in [0.4, 0.5) is 0 Å². The zero-order chi connectivity index (χ0) is 7.23. The lowest BCUT2D eigenvalue weighted by Crippen LogP contribution is -1.78. The Morgan fingerprint density at radius 3 is 2.70 bits per heavy atom. The Morgan fingerprint density at radius 1 is 1.40 bits per heavy atom. The molecule has 0 saturated heterocycles. The van der Waals surface area contributed by atoms with Crippen molar-refractivity contribution in [1.82, 2.24) is 4.98 Å². The van der Waals surface area contributed by atoms with Gasteiger partial charge in [-0.2, -0.15) is 0 Å². The molecule has 1 radical (unpaired) electrons. The lowest BCUT2D eigenvalue weighted by Gasteiger charge is -1.93. The van der Waals surface area contributed by atoms with Crippen LogP contribution in [0.2, 0.25) is 0 Å². The van der Waals surface area contributed by atoms with Gasteiger partial charge in [0.2, 0.25) is 0 Å². The summed E-state index contributed by atoms with van der Waals surface area (Å²) >= 11 is 0. The van der Waals surface area contributed by atoms with Gasteiger partial charge in [0.25, 0.3) is 0 Å². The third-order valence-electron chi connectivity index (χ3n) is 1.23. The first-order valence-electron chi connectivity index (χ1n) is 3.27. The molecule has 1 rings (SSSR count). The van der Waals surface area contributed by atoms with Crippen molar-refractivity contribution in [2.75, 3.05) is 0 Å². The Morgan fingerprint density at radius 2 is 2.10 bits per heavy atom. The second kappa shape index (κ2) is 3.83. The smallest absolute Gasteiger partial charge is 0.0270 e. The van der Waals surface area contributed by atoms with Gasteiger partial charge in [0.1, 0.15) is 0 Å². The van der Waals surface area contributed by atoms with Gasteiger partial charge in [0.05, 0.1) is 0 Å². The standard InChI is InChI=1S/C9H10N/c1-2-3-4-9-5-7-10-8-6-9/h2,4-8H,1,3H2. The number of nitrogens with zero attached hydrogens (tertiary/aromatic N) is 1. The van der Waals surface area contributed by atoms with Crippen LogP contribution in [0.5, 0.6) is 0 Å². The predicted octanol–water partition coefficient (Wildman–Crippen LogP) is 2.21. The van der Waals surface area contributed by atoms with E-state index in [4.69, 9.17) is 0 Å². The zero-order valence-corrected chi connectivity index (χ0v) is 5.83. The van der Waals surface area contributed by atoms with Gasteiger partial charge in [0, 0.05) is 12.4 Å². The minimum atomic E-state index is 0.921. The first-order chi connectivity index (χ1) is 4.93. The summed E-state index contributed by atoms with van der Waals surface area (Å²) < 4.78 is 0. The fourth-order valence-electron chi connectivity index (χ4n) is 0.719. The SMILES string of the molecule is C=CC[CH]c1ccncc1. The molecule has 0 saturated carbocycles. The van der Waals surface area contributed by atoms with Gasteiger partial charge in [-0.05, 0) is 30.5 Å². The van der Waals surface area contributed by atoms with Crippen LogP contribution in [0, 0.1) is 6.42 Å². The van der Waals surface area contributed by atoms with E-state index in [1.807, 2.05) is 18.2 Å². The highest BCUT2D eigenvalue weighted by atomic mass is 14.6. The molecular weight excluding hydrogens is 122 g/mol. The van der Waals surface area contributed by atoms with Crippen molar-refractivity contribution in [1.29, 1.82) is 0 Å². The molecule has 1 aromatic heterocycles. The van der Waals surface area contributed by atoms with Crippen LogP contribution in [-0.2, 0) is 0 Å². The summed E-state index contributed by atoms with van der Waals surface area (Å²) in [5, 5.41) is 0. The molecule has 0 aliphatic carbocycles. The summed E-state index contributed by atoms with van der Waals surface area (Å²) in [5.74, 6) is 0. The second-order valence-electron chi connectivity index (χ2n) is 2.01. The maximum Gasteiger partial charge on any atom is 0.0270 e.